The van der Waals surface area contributed by atoms with Crippen molar-refractivity contribution in [3.63, 3.8) is 0 Å². The lowest BCUT2D eigenvalue weighted by atomic mass is 10.7. The Morgan fingerprint density at radius 1 is 2.00 bits per heavy atom. The summed E-state index contributed by atoms with van der Waals surface area (Å²) >= 11 is 1.53. The summed E-state index contributed by atoms with van der Waals surface area (Å²) < 4.78 is 11.9. The highest BCUT2D eigenvalue weighted by atomic mass is 32.2. The normalized spacial score (nSPS) is 30.6. The van der Waals surface area contributed by atoms with Gasteiger partial charge in [0.05, 0.1) is 11.1 Å². The van der Waals surface area contributed by atoms with Crippen molar-refractivity contribution in [3.8, 4) is 0 Å². The van der Waals surface area contributed by atoms with Crippen molar-refractivity contribution < 1.29 is 4.39 Å². The number of nitrogens with zero attached hydrogens (tertiary/aromatic N) is 1. The second-order valence-corrected chi connectivity index (χ2v) is 2.72. The van der Waals surface area contributed by atoms with E-state index in [-0.39, 0.29) is 11.3 Å². The predicted molar refractivity (Wildman–Crippen MR) is 30.5 cm³/mol. The van der Waals surface area contributed by atoms with Crippen LogP contribution in [0.15, 0.2) is 4.99 Å². The second kappa shape index (κ2) is 1.82. The van der Waals surface area contributed by atoms with Gasteiger partial charge in [-0.3, -0.25) is 0 Å². The van der Waals surface area contributed by atoms with Crippen LogP contribution in [-0.2, 0) is 0 Å². The van der Waals surface area contributed by atoms with Crippen LogP contribution in [0.4, 0.5) is 4.39 Å². The van der Waals surface area contributed by atoms with Crippen molar-refractivity contribution >= 4 is 17.7 Å². The van der Waals surface area contributed by atoms with Crippen molar-refractivity contribution in [2.45, 2.75) is 12.3 Å². The number of hydrogen-bond acceptors (Lipinski definition) is 2. The van der Waals surface area contributed by atoms with E-state index in [0.717, 1.165) is 0 Å². The number of halogens is 1. The van der Waals surface area contributed by atoms with Crippen LogP contribution < -0.4 is 0 Å². The molecule has 1 aliphatic heterocycles. The first-order valence-electron chi connectivity index (χ1n) is 2.13. The molecule has 0 aromatic heterocycles. The molecule has 0 aromatic rings. The highest BCUT2D eigenvalue weighted by molar-refractivity contribution is 8.00. The van der Waals surface area contributed by atoms with Gasteiger partial charge in [-0.25, -0.2) is 4.99 Å². The zero-order chi connectivity index (χ0) is 5.28. The smallest absolute Gasteiger partial charge is 0.195 e. The van der Waals surface area contributed by atoms with Crippen LogP contribution in [0.2, 0.25) is 0 Å². The van der Waals surface area contributed by atoms with Crippen LogP contribution in [-0.4, -0.2) is 17.1 Å². The Bertz CT molecular complexity index is 102. The first-order valence-corrected chi connectivity index (χ1v) is 3.17. The topological polar surface area (TPSA) is 12.4 Å². The van der Waals surface area contributed by atoms with Crippen molar-refractivity contribution in [2.24, 2.45) is 4.99 Å². The molecule has 7 heavy (non-hydrogen) atoms. The molecule has 0 aliphatic carbocycles. The molecule has 1 aliphatic rings. The van der Waals surface area contributed by atoms with Gasteiger partial charge in [-0.15, -0.1) is 11.8 Å². The summed E-state index contributed by atoms with van der Waals surface area (Å²) in [5.74, 6) is 0.263. The molecule has 0 bridgehead atoms. The minimum absolute atomic E-state index is 0.153. The lowest BCUT2D eigenvalue weighted by Crippen LogP contribution is -1.81. The minimum atomic E-state index is -0.211. The molecule has 40 valence electrons. The van der Waals surface area contributed by atoms with E-state index in [9.17, 15) is 4.39 Å². The lowest BCUT2D eigenvalue weighted by Gasteiger charge is -1.87. The Morgan fingerprint density at radius 3 is 2.86 bits per heavy atom. The third-order valence-corrected chi connectivity index (χ3v) is 1.76. The molecular formula is C4H6FNS. The largest absolute Gasteiger partial charge is 0.247 e. The van der Waals surface area contributed by atoms with Gasteiger partial charge in [0.2, 0.25) is 0 Å². The Kier molecular flexibility index (Phi) is 1.32. The number of hydrogen-bond donors (Lipinski definition) is 0. The van der Waals surface area contributed by atoms with Gasteiger partial charge in [0.15, 0.2) is 5.97 Å². The fourth-order valence-electron chi connectivity index (χ4n) is 0.461. The monoisotopic (exact) mass is 119 g/mol. The maximum absolute atomic E-state index is 11.9. The zero-order valence-electron chi connectivity index (χ0n) is 4.02. The third-order valence-electron chi connectivity index (χ3n) is 0.766. The maximum Gasteiger partial charge on any atom is 0.195 e. The predicted octanol–water partition coefficient (Wildman–Crippen LogP) is 1.45. The Hall–Kier alpha value is -0.0500. The van der Waals surface area contributed by atoms with Crippen LogP contribution in [0.25, 0.3) is 0 Å². The van der Waals surface area contributed by atoms with E-state index in [4.69, 9.17) is 0 Å². The zero-order valence-corrected chi connectivity index (χ0v) is 4.83. The van der Waals surface area contributed by atoms with Gasteiger partial charge >= 0.3 is 0 Å². The highest BCUT2D eigenvalue weighted by Crippen LogP contribution is 2.19. The van der Waals surface area contributed by atoms with E-state index in [1.54, 1.807) is 0 Å². The van der Waals surface area contributed by atoms with Crippen molar-refractivity contribution in [2.75, 3.05) is 5.75 Å². The molecule has 1 unspecified atom stereocenters. The summed E-state index contributed by atoms with van der Waals surface area (Å²) in [5.41, 5.74) is 0. The van der Waals surface area contributed by atoms with Crippen molar-refractivity contribution in [3.05, 3.63) is 0 Å². The van der Waals surface area contributed by atoms with Crippen molar-refractivity contribution in [1.82, 2.24) is 0 Å². The molecule has 0 amide bonds. The van der Waals surface area contributed by atoms with Gasteiger partial charge in [0.25, 0.3) is 0 Å². The molecule has 1 atom stereocenters. The molecular weight excluding hydrogens is 113 g/mol. The average molecular weight is 119 g/mol. The van der Waals surface area contributed by atoms with E-state index in [0.29, 0.717) is 5.75 Å². The van der Waals surface area contributed by atoms with Crippen LogP contribution in [0.3, 0.4) is 0 Å². The van der Waals surface area contributed by atoms with Crippen LogP contribution >= 0.6 is 11.8 Å². The third kappa shape index (κ3) is 1.16. The highest BCUT2D eigenvalue weighted by Gasteiger charge is 2.11. The van der Waals surface area contributed by atoms with E-state index in [2.05, 4.69) is 4.99 Å². The minimum Gasteiger partial charge on any atom is -0.247 e. The molecule has 3 heteroatoms. The molecule has 0 saturated heterocycles. The average Bonchev–Trinajstić information content (AvgIpc) is 1.87. The van der Waals surface area contributed by atoms with Gasteiger partial charge in [0, 0.05) is 0 Å². The Labute approximate surface area is 46.0 Å². The summed E-state index contributed by atoms with van der Waals surface area (Å²) in [7, 11) is 0. The van der Waals surface area contributed by atoms with Crippen LogP contribution in [0, 0.1) is 0 Å². The summed E-state index contributed by atoms with van der Waals surface area (Å²) in [4.78, 5) is 3.60. The summed E-state index contributed by atoms with van der Waals surface area (Å²) in [5, 5.41) is 0.153. The molecule has 0 aromatic carbocycles. The summed E-state index contributed by atoms with van der Waals surface area (Å²) in [6, 6.07) is 0. The van der Waals surface area contributed by atoms with Gasteiger partial charge in [0.1, 0.15) is 0 Å². The van der Waals surface area contributed by atoms with Crippen molar-refractivity contribution in [1.29, 1.82) is 0 Å². The number of rotatable bonds is 0. The standard InChI is InChI=1S/C4H6FNS/c1-3-6-4(5)2-7-3/h3H,2H2,1H3. The molecule has 0 saturated carbocycles. The number of thioether (sulfide) groups is 1. The molecule has 0 spiro atoms. The van der Waals surface area contributed by atoms with E-state index >= 15 is 0 Å². The molecule has 1 rings (SSSR count). The van der Waals surface area contributed by atoms with Gasteiger partial charge in [-0.2, -0.15) is 4.39 Å². The first kappa shape index (κ1) is 5.09. The fourth-order valence-corrected chi connectivity index (χ4v) is 1.10. The Morgan fingerprint density at radius 2 is 2.71 bits per heavy atom. The van der Waals surface area contributed by atoms with E-state index in [1.807, 2.05) is 6.92 Å². The Balaban J connectivity index is 2.50. The SMILES string of the molecule is CC1N=C(F)CS1. The number of aliphatic imine (C=N–C) groups is 1. The fraction of sp³-hybridized carbons (Fsp3) is 0.750. The van der Waals surface area contributed by atoms with Gasteiger partial charge < -0.3 is 0 Å². The van der Waals surface area contributed by atoms with Gasteiger partial charge in [-0.1, -0.05) is 0 Å². The van der Waals surface area contributed by atoms with Gasteiger partial charge in [-0.05, 0) is 6.92 Å². The second-order valence-electron chi connectivity index (χ2n) is 1.42. The van der Waals surface area contributed by atoms with Crippen LogP contribution in [0.5, 0.6) is 0 Å². The molecule has 0 N–H and O–H groups in total. The molecule has 0 radical (unpaired) electrons. The van der Waals surface area contributed by atoms with E-state index in [1.165, 1.54) is 11.8 Å². The van der Waals surface area contributed by atoms with Crippen LogP contribution in [0.1, 0.15) is 6.92 Å². The first-order chi connectivity index (χ1) is 3.29. The molecule has 1 nitrogen and oxygen atoms in total. The summed E-state index contributed by atoms with van der Waals surface area (Å²) in [6.45, 7) is 1.89. The maximum atomic E-state index is 11.9. The molecule has 1 heterocycles. The quantitative estimate of drug-likeness (QED) is 0.470. The molecule has 0 fully saturated rings. The lowest BCUT2D eigenvalue weighted by molar-refractivity contribution is 0.791. The summed E-state index contributed by atoms with van der Waals surface area (Å²) in [6.07, 6.45) is 0. The van der Waals surface area contributed by atoms with E-state index < -0.39 is 0 Å².